The minimum absolute atomic E-state index is 0.395. The van der Waals surface area contributed by atoms with Crippen LogP contribution in [-0.4, -0.2) is 18.6 Å². The van der Waals surface area contributed by atoms with E-state index < -0.39 is 11.5 Å². The van der Waals surface area contributed by atoms with Crippen LogP contribution in [0.4, 0.5) is 0 Å². The Morgan fingerprint density at radius 3 is 2.82 bits per heavy atom. The smallest absolute Gasteiger partial charge is 0.341 e. The molecule has 0 fully saturated rings. The van der Waals surface area contributed by atoms with Crippen molar-refractivity contribution in [3.63, 3.8) is 0 Å². The summed E-state index contributed by atoms with van der Waals surface area (Å²) >= 11 is 0. The van der Waals surface area contributed by atoms with Crippen molar-refractivity contribution in [1.82, 2.24) is 5.32 Å². The Morgan fingerprint density at radius 1 is 1.65 bits per heavy atom. The van der Waals surface area contributed by atoms with Crippen molar-refractivity contribution in [2.24, 2.45) is 0 Å². The predicted octanol–water partition coefficient (Wildman–Crippen LogP) is 1.88. The summed E-state index contributed by atoms with van der Waals surface area (Å²) < 4.78 is 10.1. The van der Waals surface area contributed by atoms with E-state index in [-0.39, 0.29) is 0 Å². The number of hydrogen-bond acceptors (Lipinski definition) is 4. The van der Waals surface area contributed by atoms with Gasteiger partial charge in [0.15, 0.2) is 0 Å². The van der Waals surface area contributed by atoms with Gasteiger partial charge in [0.1, 0.15) is 17.1 Å². The lowest BCUT2D eigenvalue weighted by Gasteiger charge is -2.18. The summed E-state index contributed by atoms with van der Waals surface area (Å²) in [6, 6.07) is 1.67. The number of furan rings is 1. The van der Waals surface area contributed by atoms with E-state index in [0.717, 1.165) is 0 Å². The molecule has 0 aliphatic heterocycles. The number of esters is 1. The van der Waals surface area contributed by atoms with Crippen LogP contribution < -0.4 is 5.32 Å². The minimum atomic E-state index is -0.411. The second-order valence-corrected chi connectivity index (χ2v) is 4.30. The molecule has 17 heavy (non-hydrogen) atoms. The van der Waals surface area contributed by atoms with Gasteiger partial charge in [-0.2, -0.15) is 0 Å². The van der Waals surface area contributed by atoms with Crippen molar-refractivity contribution < 1.29 is 13.9 Å². The second kappa shape index (κ2) is 5.07. The Kier molecular flexibility index (Phi) is 3.97. The number of rotatable bonds is 4. The maximum Gasteiger partial charge on any atom is 0.341 e. The molecule has 0 aliphatic carbocycles. The minimum Gasteiger partial charge on any atom is -0.465 e. The van der Waals surface area contributed by atoms with Crippen LogP contribution in [0.1, 0.15) is 35.7 Å². The average Bonchev–Trinajstić information content (AvgIpc) is 2.67. The van der Waals surface area contributed by atoms with Crippen molar-refractivity contribution >= 4 is 5.97 Å². The van der Waals surface area contributed by atoms with Crippen LogP contribution >= 0.6 is 0 Å². The van der Waals surface area contributed by atoms with Crippen LogP contribution in [0.2, 0.25) is 0 Å². The normalized spacial score (nSPS) is 11.0. The molecule has 1 aromatic heterocycles. The first-order chi connectivity index (χ1) is 7.89. The SMILES string of the molecule is C#CC(C)(C)NCc1cc(C(=O)OC)c(C)o1. The van der Waals surface area contributed by atoms with Crippen LogP contribution in [0.3, 0.4) is 0 Å². The molecule has 0 aromatic carbocycles. The Bertz CT molecular complexity index is 452. The molecule has 0 saturated carbocycles. The summed E-state index contributed by atoms with van der Waals surface area (Å²) in [5.41, 5.74) is 0.0365. The zero-order valence-corrected chi connectivity index (χ0v) is 10.6. The lowest BCUT2D eigenvalue weighted by molar-refractivity contribution is 0.0599. The molecule has 1 rings (SSSR count). The van der Waals surface area contributed by atoms with Crippen molar-refractivity contribution in [3.8, 4) is 12.3 Å². The fourth-order valence-electron chi connectivity index (χ4n) is 1.30. The average molecular weight is 235 g/mol. The molecule has 1 N–H and O–H groups in total. The Balaban J connectivity index is 2.75. The molecule has 92 valence electrons. The number of ether oxygens (including phenoxy) is 1. The van der Waals surface area contributed by atoms with Gasteiger partial charge in [-0.05, 0) is 26.8 Å². The molecule has 0 saturated heterocycles. The summed E-state index contributed by atoms with van der Waals surface area (Å²) in [5, 5.41) is 3.14. The van der Waals surface area contributed by atoms with E-state index in [4.69, 9.17) is 10.8 Å². The summed E-state index contributed by atoms with van der Waals surface area (Å²) in [6.07, 6.45) is 5.36. The van der Waals surface area contributed by atoms with Crippen LogP contribution in [0.15, 0.2) is 10.5 Å². The van der Waals surface area contributed by atoms with Crippen molar-refractivity contribution in [2.75, 3.05) is 7.11 Å². The number of hydrogen-bond donors (Lipinski definition) is 1. The van der Waals surface area contributed by atoms with Crippen LogP contribution in [0.25, 0.3) is 0 Å². The van der Waals surface area contributed by atoms with E-state index in [0.29, 0.717) is 23.6 Å². The monoisotopic (exact) mass is 235 g/mol. The molecule has 0 spiro atoms. The molecule has 0 unspecified atom stereocenters. The van der Waals surface area contributed by atoms with Gasteiger partial charge in [0.2, 0.25) is 0 Å². The highest BCUT2D eigenvalue weighted by Gasteiger charge is 2.17. The fraction of sp³-hybridized carbons (Fsp3) is 0.462. The van der Waals surface area contributed by atoms with Crippen molar-refractivity contribution in [3.05, 3.63) is 23.2 Å². The van der Waals surface area contributed by atoms with E-state index in [9.17, 15) is 4.79 Å². The molecular formula is C13H17NO3. The third-order valence-corrected chi connectivity index (χ3v) is 2.44. The molecule has 4 heteroatoms. The van der Waals surface area contributed by atoms with E-state index in [1.165, 1.54) is 7.11 Å². The number of terminal acetylenes is 1. The molecule has 4 nitrogen and oxygen atoms in total. The van der Waals surface area contributed by atoms with E-state index in [2.05, 4.69) is 16.0 Å². The highest BCUT2D eigenvalue weighted by molar-refractivity contribution is 5.90. The number of carbonyl (C=O) groups excluding carboxylic acids is 1. The molecule has 1 heterocycles. The maximum atomic E-state index is 11.4. The second-order valence-electron chi connectivity index (χ2n) is 4.30. The lowest BCUT2D eigenvalue weighted by Crippen LogP contribution is -2.36. The van der Waals surface area contributed by atoms with E-state index in [1.807, 2.05) is 13.8 Å². The van der Waals surface area contributed by atoms with Gasteiger partial charge in [0, 0.05) is 0 Å². The van der Waals surface area contributed by atoms with E-state index >= 15 is 0 Å². The first-order valence-corrected chi connectivity index (χ1v) is 5.30. The Hall–Kier alpha value is -1.73. The highest BCUT2D eigenvalue weighted by atomic mass is 16.5. The standard InChI is InChI=1S/C13H17NO3/c1-6-13(3,4)14-8-10-7-11(9(2)17-10)12(15)16-5/h1,7,14H,8H2,2-5H3. The molecule has 0 atom stereocenters. The van der Waals surface area contributed by atoms with Crippen LogP contribution in [0.5, 0.6) is 0 Å². The zero-order chi connectivity index (χ0) is 13.1. The zero-order valence-electron chi connectivity index (χ0n) is 10.6. The van der Waals surface area contributed by atoms with Gasteiger partial charge in [-0.15, -0.1) is 6.42 Å². The van der Waals surface area contributed by atoms with Crippen molar-refractivity contribution in [2.45, 2.75) is 32.9 Å². The third kappa shape index (κ3) is 3.36. The molecule has 0 aliphatic rings. The summed E-state index contributed by atoms with van der Waals surface area (Å²) in [7, 11) is 1.34. The number of carbonyl (C=O) groups is 1. The number of aryl methyl sites for hydroxylation is 1. The molecular weight excluding hydrogens is 218 g/mol. The predicted molar refractivity (Wildman–Crippen MR) is 64.5 cm³/mol. The maximum absolute atomic E-state index is 11.4. The van der Waals surface area contributed by atoms with Gasteiger partial charge >= 0.3 is 5.97 Å². The van der Waals surface area contributed by atoms with Crippen LogP contribution in [-0.2, 0) is 11.3 Å². The molecule has 1 aromatic rings. The van der Waals surface area contributed by atoms with Crippen molar-refractivity contribution in [1.29, 1.82) is 0 Å². The first-order valence-electron chi connectivity index (χ1n) is 5.30. The van der Waals surface area contributed by atoms with Gasteiger partial charge in [-0.1, -0.05) is 5.92 Å². The molecule has 0 radical (unpaired) electrons. The summed E-state index contributed by atoms with van der Waals surface area (Å²) in [4.78, 5) is 11.4. The first kappa shape index (κ1) is 13.3. The molecule has 0 amide bonds. The third-order valence-electron chi connectivity index (χ3n) is 2.44. The summed E-state index contributed by atoms with van der Waals surface area (Å²) in [6.45, 7) is 5.98. The van der Waals surface area contributed by atoms with Crippen LogP contribution in [0, 0.1) is 19.3 Å². The molecule has 0 bridgehead atoms. The Morgan fingerprint density at radius 2 is 2.29 bits per heavy atom. The number of methoxy groups -OCH3 is 1. The largest absolute Gasteiger partial charge is 0.465 e. The quantitative estimate of drug-likeness (QED) is 0.639. The fourth-order valence-corrected chi connectivity index (χ4v) is 1.30. The lowest BCUT2D eigenvalue weighted by atomic mass is 10.1. The highest BCUT2D eigenvalue weighted by Crippen LogP contribution is 2.16. The topological polar surface area (TPSA) is 51.5 Å². The van der Waals surface area contributed by atoms with Gasteiger partial charge in [-0.25, -0.2) is 4.79 Å². The van der Waals surface area contributed by atoms with Gasteiger partial charge in [-0.3, -0.25) is 5.32 Å². The van der Waals surface area contributed by atoms with Gasteiger partial charge in [0.05, 0.1) is 19.2 Å². The number of nitrogens with one attached hydrogen (secondary N) is 1. The van der Waals surface area contributed by atoms with Gasteiger partial charge < -0.3 is 9.15 Å². The van der Waals surface area contributed by atoms with Gasteiger partial charge in [0.25, 0.3) is 0 Å². The summed E-state index contributed by atoms with van der Waals surface area (Å²) in [5.74, 6) is 3.43. The van der Waals surface area contributed by atoms with E-state index in [1.54, 1.807) is 13.0 Å². The Labute approximate surface area is 101 Å².